The molecular weight excluding hydrogens is 247 g/mol. The third-order valence-electron chi connectivity index (χ3n) is 2.52. The van der Waals surface area contributed by atoms with E-state index in [1.807, 2.05) is 0 Å². The lowest BCUT2D eigenvalue weighted by atomic mass is 9.99. The molecule has 1 fully saturated rings. The van der Waals surface area contributed by atoms with Crippen molar-refractivity contribution in [2.24, 2.45) is 0 Å². The molecule has 1 aromatic rings. The highest BCUT2D eigenvalue weighted by Gasteiger charge is 2.39. The van der Waals surface area contributed by atoms with Gasteiger partial charge in [-0.05, 0) is 52.5 Å². The minimum absolute atomic E-state index is 0.526. The van der Waals surface area contributed by atoms with Gasteiger partial charge in [0.15, 0.2) is 0 Å². The summed E-state index contributed by atoms with van der Waals surface area (Å²) in [5, 5.41) is 0. The second-order valence-corrected chi connectivity index (χ2v) is 4.70. The zero-order chi connectivity index (χ0) is 7.90. The van der Waals surface area contributed by atoms with Crippen LogP contribution in [0.25, 0.3) is 0 Å². The molecule has 0 atom stereocenters. The average molecular weight is 258 g/mol. The summed E-state index contributed by atoms with van der Waals surface area (Å²) in [5.74, 6) is 0. The summed E-state index contributed by atoms with van der Waals surface area (Å²) in [5.41, 5.74) is 2.07. The smallest absolute Gasteiger partial charge is 0.0167 e. The van der Waals surface area contributed by atoms with Gasteiger partial charge in [0.1, 0.15) is 0 Å². The minimum atomic E-state index is 0.526. The molecule has 0 amide bonds. The van der Waals surface area contributed by atoms with Crippen molar-refractivity contribution in [3.8, 4) is 0 Å². The van der Waals surface area contributed by atoms with Crippen LogP contribution in [0.5, 0.6) is 0 Å². The van der Waals surface area contributed by atoms with Gasteiger partial charge >= 0.3 is 0 Å². The molecule has 1 aliphatic carbocycles. The van der Waals surface area contributed by atoms with E-state index >= 15 is 0 Å². The van der Waals surface area contributed by atoms with Gasteiger partial charge in [0, 0.05) is 3.57 Å². The van der Waals surface area contributed by atoms with Crippen LogP contribution in [0.4, 0.5) is 0 Å². The molecule has 0 aliphatic heterocycles. The standard InChI is InChI=1S/C10H11I/c1-10(6-7-10)8-4-2-3-5-9(8)11/h2-5H,6-7H2,1H3. The van der Waals surface area contributed by atoms with Crippen molar-refractivity contribution >= 4 is 22.6 Å². The molecule has 0 heterocycles. The number of halogens is 1. The van der Waals surface area contributed by atoms with Crippen LogP contribution >= 0.6 is 22.6 Å². The molecule has 0 bridgehead atoms. The zero-order valence-electron chi connectivity index (χ0n) is 6.60. The number of hydrogen-bond acceptors (Lipinski definition) is 0. The topological polar surface area (TPSA) is 0 Å². The maximum atomic E-state index is 2.43. The lowest BCUT2D eigenvalue weighted by molar-refractivity contribution is 0.782. The second kappa shape index (κ2) is 2.47. The van der Waals surface area contributed by atoms with Crippen LogP contribution in [0.3, 0.4) is 0 Å². The molecule has 11 heavy (non-hydrogen) atoms. The quantitative estimate of drug-likeness (QED) is 0.678. The lowest BCUT2D eigenvalue weighted by Gasteiger charge is -2.09. The molecular formula is C10H11I. The van der Waals surface area contributed by atoms with Crippen molar-refractivity contribution in [3.63, 3.8) is 0 Å². The normalized spacial score (nSPS) is 19.8. The third-order valence-corrected chi connectivity index (χ3v) is 3.46. The Morgan fingerprint density at radius 2 is 1.91 bits per heavy atom. The van der Waals surface area contributed by atoms with Gasteiger partial charge in [0.2, 0.25) is 0 Å². The van der Waals surface area contributed by atoms with Crippen molar-refractivity contribution in [2.45, 2.75) is 25.2 Å². The van der Waals surface area contributed by atoms with Gasteiger partial charge in [-0.15, -0.1) is 0 Å². The first-order valence-corrected chi connectivity index (χ1v) is 5.05. The van der Waals surface area contributed by atoms with E-state index in [-0.39, 0.29) is 0 Å². The molecule has 1 aliphatic rings. The van der Waals surface area contributed by atoms with Gasteiger partial charge in [-0.3, -0.25) is 0 Å². The largest absolute Gasteiger partial charge is 0.0619 e. The molecule has 0 aromatic heterocycles. The van der Waals surface area contributed by atoms with Crippen molar-refractivity contribution in [3.05, 3.63) is 33.4 Å². The molecule has 0 spiro atoms. The Bertz CT molecular complexity index is 274. The number of benzene rings is 1. The molecule has 0 radical (unpaired) electrons. The zero-order valence-corrected chi connectivity index (χ0v) is 8.76. The van der Waals surface area contributed by atoms with E-state index in [0.29, 0.717) is 5.41 Å². The fraction of sp³-hybridized carbons (Fsp3) is 0.400. The Morgan fingerprint density at radius 1 is 1.27 bits per heavy atom. The van der Waals surface area contributed by atoms with Crippen molar-refractivity contribution in [1.29, 1.82) is 0 Å². The van der Waals surface area contributed by atoms with Crippen LogP contribution in [0.15, 0.2) is 24.3 Å². The molecule has 2 rings (SSSR count). The maximum absolute atomic E-state index is 2.43. The van der Waals surface area contributed by atoms with Gasteiger partial charge in [0.05, 0.1) is 0 Å². The fourth-order valence-electron chi connectivity index (χ4n) is 1.41. The lowest BCUT2D eigenvalue weighted by Crippen LogP contribution is -2.01. The Hall–Kier alpha value is -0.0500. The van der Waals surface area contributed by atoms with E-state index in [1.54, 1.807) is 5.56 Å². The molecule has 1 aromatic carbocycles. The number of hydrogen-bond donors (Lipinski definition) is 0. The molecule has 1 saturated carbocycles. The van der Waals surface area contributed by atoms with Gasteiger partial charge in [-0.2, -0.15) is 0 Å². The maximum Gasteiger partial charge on any atom is 0.0167 e. The van der Waals surface area contributed by atoms with Crippen molar-refractivity contribution in [1.82, 2.24) is 0 Å². The van der Waals surface area contributed by atoms with E-state index in [9.17, 15) is 0 Å². The second-order valence-electron chi connectivity index (χ2n) is 3.54. The molecule has 0 saturated heterocycles. The van der Waals surface area contributed by atoms with Crippen molar-refractivity contribution in [2.75, 3.05) is 0 Å². The van der Waals surface area contributed by atoms with E-state index in [1.165, 1.54) is 16.4 Å². The first-order valence-electron chi connectivity index (χ1n) is 3.97. The summed E-state index contributed by atoms with van der Waals surface area (Å²) in [6, 6.07) is 8.70. The number of rotatable bonds is 1. The van der Waals surface area contributed by atoms with Gasteiger partial charge in [-0.1, -0.05) is 25.1 Å². The van der Waals surface area contributed by atoms with E-state index in [4.69, 9.17) is 0 Å². The van der Waals surface area contributed by atoms with Gasteiger partial charge < -0.3 is 0 Å². The van der Waals surface area contributed by atoms with Crippen LogP contribution in [0, 0.1) is 3.57 Å². The van der Waals surface area contributed by atoms with E-state index < -0.39 is 0 Å². The van der Waals surface area contributed by atoms with Gasteiger partial charge in [-0.25, -0.2) is 0 Å². The molecule has 0 nitrogen and oxygen atoms in total. The van der Waals surface area contributed by atoms with Crippen LogP contribution in [-0.4, -0.2) is 0 Å². The average Bonchev–Trinajstić information content (AvgIpc) is 2.70. The molecule has 0 unspecified atom stereocenters. The fourth-order valence-corrected chi connectivity index (χ4v) is 2.45. The summed E-state index contributed by atoms with van der Waals surface area (Å²) in [6.45, 7) is 2.35. The molecule has 0 N–H and O–H groups in total. The highest BCUT2D eigenvalue weighted by atomic mass is 127. The predicted molar refractivity (Wildman–Crippen MR) is 55.7 cm³/mol. The highest BCUT2D eigenvalue weighted by molar-refractivity contribution is 14.1. The SMILES string of the molecule is CC1(c2ccccc2I)CC1. The van der Waals surface area contributed by atoms with E-state index in [2.05, 4.69) is 53.8 Å². The summed E-state index contributed by atoms with van der Waals surface area (Å²) in [6.07, 6.45) is 2.74. The Balaban J connectivity index is 2.45. The van der Waals surface area contributed by atoms with Crippen LogP contribution < -0.4 is 0 Å². The Morgan fingerprint density at radius 3 is 2.45 bits per heavy atom. The first-order chi connectivity index (χ1) is 5.22. The van der Waals surface area contributed by atoms with E-state index in [0.717, 1.165) is 0 Å². The summed E-state index contributed by atoms with van der Waals surface area (Å²) < 4.78 is 1.42. The highest BCUT2D eigenvalue weighted by Crippen LogP contribution is 2.48. The molecule has 58 valence electrons. The minimum Gasteiger partial charge on any atom is -0.0619 e. The van der Waals surface area contributed by atoms with Crippen LogP contribution in [-0.2, 0) is 5.41 Å². The molecule has 1 heteroatoms. The summed E-state index contributed by atoms with van der Waals surface area (Å²) in [4.78, 5) is 0. The van der Waals surface area contributed by atoms with Gasteiger partial charge in [0.25, 0.3) is 0 Å². The predicted octanol–water partition coefficient (Wildman–Crippen LogP) is 3.34. The van der Waals surface area contributed by atoms with Crippen LogP contribution in [0.2, 0.25) is 0 Å². The summed E-state index contributed by atoms with van der Waals surface area (Å²) >= 11 is 2.43. The summed E-state index contributed by atoms with van der Waals surface area (Å²) in [7, 11) is 0. The van der Waals surface area contributed by atoms with Crippen LogP contribution in [0.1, 0.15) is 25.3 Å². The monoisotopic (exact) mass is 258 g/mol. The Labute approximate surface area is 81.1 Å². The Kier molecular flexibility index (Phi) is 1.71. The third kappa shape index (κ3) is 1.31. The van der Waals surface area contributed by atoms with Crippen molar-refractivity contribution < 1.29 is 0 Å². The first kappa shape index (κ1) is 7.59.